The quantitative estimate of drug-likeness (QED) is 0.654. The molecule has 9 heteroatoms. The molecule has 134 valence electrons. The van der Waals surface area contributed by atoms with E-state index in [9.17, 15) is 0 Å². The van der Waals surface area contributed by atoms with Crippen molar-refractivity contribution in [2.24, 2.45) is 0 Å². The van der Waals surface area contributed by atoms with Crippen LogP contribution >= 0.6 is 31.9 Å². The van der Waals surface area contributed by atoms with Gasteiger partial charge in [0, 0.05) is 37.2 Å². The van der Waals surface area contributed by atoms with Crippen LogP contribution in [0, 0.1) is 0 Å². The Balaban J connectivity index is 0.000000413. The summed E-state index contributed by atoms with van der Waals surface area (Å²) < 4.78 is 7.85. The van der Waals surface area contributed by atoms with Crippen LogP contribution < -0.4 is 4.74 Å². The SMILES string of the molecule is CN1CCN(CCOc2ccc(Br)cc2Br)CC1.O=C(O)C(=O)O. The van der Waals surface area contributed by atoms with Crippen LogP contribution in [0.4, 0.5) is 0 Å². The Morgan fingerprint density at radius 2 is 1.71 bits per heavy atom. The molecule has 0 aromatic heterocycles. The van der Waals surface area contributed by atoms with Crippen LogP contribution in [0.5, 0.6) is 5.75 Å². The fourth-order valence-corrected chi connectivity index (χ4v) is 3.11. The third-order valence-electron chi connectivity index (χ3n) is 3.34. The van der Waals surface area contributed by atoms with E-state index in [0.717, 1.165) is 54.0 Å². The summed E-state index contributed by atoms with van der Waals surface area (Å²) in [5, 5.41) is 14.8. The average Bonchev–Trinajstić information content (AvgIpc) is 2.52. The fourth-order valence-electron chi connectivity index (χ4n) is 1.95. The largest absolute Gasteiger partial charge is 0.491 e. The first kappa shape index (κ1) is 20.9. The Morgan fingerprint density at radius 1 is 1.12 bits per heavy atom. The van der Waals surface area contributed by atoms with Crippen LogP contribution in [0.15, 0.2) is 27.1 Å². The maximum absolute atomic E-state index is 9.10. The van der Waals surface area contributed by atoms with Gasteiger partial charge in [-0.05, 0) is 41.2 Å². The first-order valence-electron chi connectivity index (χ1n) is 7.24. The van der Waals surface area contributed by atoms with Crippen molar-refractivity contribution in [3.63, 3.8) is 0 Å². The molecule has 1 saturated heterocycles. The number of carboxylic acid groups (broad SMARTS) is 2. The van der Waals surface area contributed by atoms with Gasteiger partial charge in [0.05, 0.1) is 4.47 Å². The predicted octanol–water partition coefficient (Wildman–Crippen LogP) is 1.99. The highest BCUT2D eigenvalue weighted by Crippen LogP contribution is 2.28. The highest BCUT2D eigenvalue weighted by Gasteiger charge is 2.13. The van der Waals surface area contributed by atoms with Crippen molar-refractivity contribution in [2.45, 2.75) is 0 Å². The van der Waals surface area contributed by atoms with Crippen LogP contribution in [0.1, 0.15) is 0 Å². The molecule has 1 aromatic rings. The molecule has 24 heavy (non-hydrogen) atoms. The highest BCUT2D eigenvalue weighted by atomic mass is 79.9. The molecular weight excluding hydrogens is 448 g/mol. The molecule has 1 aliphatic rings. The van der Waals surface area contributed by atoms with Gasteiger partial charge < -0.3 is 19.8 Å². The van der Waals surface area contributed by atoms with Crippen molar-refractivity contribution in [2.75, 3.05) is 46.4 Å². The van der Waals surface area contributed by atoms with Crippen molar-refractivity contribution >= 4 is 43.8 Å². The van der Waals surface area contributed by atoms with E-state index in [4.69, 9.17) is 24.5 Å². The molecular formula is C15H20Br2N2O5. The molecule has 0 radical (unpaired) electrons. The summed E-state index contributed by atoms with van der Waals surface area (Å²) in [6, 6.07) is 5.99. The minimum absolute atomic E-state index is 0.740. The second-order valence-electron chi connectivity index (χ2n) is 5.18. The molecule has 7 nitrogen and oxygen atoms in total. The number of hydrogen-bond acceptors (Lipinski definition) is 5. The van der Waals surface area contributed by atoms with E-state index in [-0.39, 0.29) is 0 Å². The molecule has 0 bridgehead atoms. The second kappa shape index (κ2) is 10.7. The molecule has 0 saturated carbocycles. The van der Waals surface area contributed by atoms with Gasteiger partial charge in [-0.15, -0.1) is 0 Å². The topological polar surface area (TPSA) is 90.3 Å². The minimum atomic E-state index is -1.82. The van der Waals surface area contributed by atoms with E-state index >= 15 is 0 Å². The maximum atomic E-state index is 9.10. The lowest BCUT2D eigenvalue weighted by molar-refractivity contribution is -0.159. The third kappa shape index (κ3) is 8.09. The van der Waals surface area contributed by atoms with E-state index in [0.29, 0.717) is 0 Å². The predicted molar refractivity (Wildman–Crippen MR) is 96.5 cm³/mol. The van der Waals surface area contributed by atoms with E-state index in [1.54, 1.807) is 0 Å². The first-order valence-corrected chi connectivity index (χ1v) is 8.83. The summed E-state index contributed by atoms with van der Waals surface area (Å²) in [4.78, 5) is 23.0. The number of likely N-dealkylation sites (N-methyl/N-ethyl adjacent to an activating group) is 1. The molecule has 1 heterocycles. The lowest BCUT2D eigenvalue weighted by Crippen LogP contribution is -2.45. The number of halogens is 2. The molecule has 0 spiro atoms. The summed E-state index contributed by atoms with van der Waals surface area (Å²) in [6.07, 6.45) is 0. The molecule has 1 aliphatic heterocycles. The highest BCUT2D eigenvalue weighted by molar-refractivity contribution is 9.11. The number of nitrogens with zero attached hydrogens (tertiary/aromatic N) is 2. The van der Waals surface area contributed by atoms with Gasteiger partial charge >= 0.3 is 11.9 Å². The Labute approximate surface area is 157 Å². The number of carbonyl (C=O) groups is 2. The average molecular weight is 468 g/mol. The van der Waals surface area contributed by atoms with Crippen molar-refractivity contribution in [1.82, 2.24) is 9.80 Å². The zero-order valence-corrected chi connectivity index (χ0v) is 16.4. The standard InChI is InChI=1S/C13H18Br2N2O.C2H2O4/c1-16-4-6-17(7-5-16)8-9-18-13-3-2-11(14)10-12(13)15;3-1(4)2(5)6/h2-3,10H,4-9H2,1H3;(H,3,4)(H,5,6). The first-order chi connectivity index (χ1) is 11.3. The normalized spacial score (nSPS) is 15.3. The number of benzene rings is 1. The lowest BCUT2D eigenvalue weighted by Gasteiger charge is -2.32. The monoisotopic (exact) mass is 466 g/mol. The number of rotatable bonds is 4. The van der Waals surface area contributed by atoms with Crippen molar-refractivity contribution < 1.29 is 24.5 Å². The van der Waals surface area contributed by atoms with Gasteiger partial charge in [0.2, 0.25) is 0 Å². The van der Waals surface area contributed by atoms with Crippen LogP contribution in [0.3, 0.4) is 0 Å². The number of piperazine rings is 1. The molecule has 0 amide bonds. The molecule has 1 aromatic carbocycles. The van der Waals surface area contributed by atoms with Crippen molar-refractivity contribution in [1.29, 1.82) is 0 Å². The van der Waals surface area contributed by atoms with Crippen LogP contribution in [-0.4, -0.2) is 78.3 Å². The number of carboxylic acids is 2. The van der Waals surface area contributed by atoms with Crippen molar-refractivity contribution in [3.05, 3.63) is 27.1 Å². The zero-order chi connectivity index (χ0) is 18.1. The smallest absolute Gasteiger partial charge is 0.414 e. The summed E-state index contributed by atoms with van der Waals surface area (Å²) in [5.41, 5.74) is 0. The Morgan fingerprint density at radius 3 is 2.21 bits per heavy atom. The van der Waals surface area contributed by atoms with E-state index in [1.165, 1.54) is 0 Å². The van der Waals surface area contributed by atoms with E-state index in [2.05, 4.69) is 48.7 Å². The van der Waals surface area contributed by atoms with Crippen molar-refractivity contribution in [3.8, 4) is 5.75 Å². The van der Waals surface area contributed by atoms with Gasteiger partial charge in [0.25, 0.3) is 0 Å². The minimum Gasteiger partial charge on any atom is -0.491 e. The van der Waals surface area contributed by atoms with Crippen LogP contribution in [0.25, 0.3) is 0 Å². The summed E-state index contributed by atoms with van der Waals surface area (Å²) in [7, 11) is 2.17. The van der Waals surface area contributed by atoms with Gasteiger partial charge in [0.15, 0.2) is 0 Å². The summed E-state index contributed by atoms with van der Waals surface area (Å²) >= 11 is 6.94. The number of hydrogen-bond donors (Lipinski definition) is 2. The summed E-state index contributed by atoms with van der Waals surface area (Å²) in [6.45, 7) is 6.33. The molecule has 0 atom stereocenters. The van der Waals surface area contributed by atoms with E-state index < -0.39 is 11.9 Å². The van der Waals surface area contributed by atoms with Gasteiger partial charge in [0.1, 0.15) is 12.4 Å². The zero-order valence-electron chi connectivity index (χ0n) is 13.2. The second-order valence-corrected chi connectivity index (χ2v) is 6.95. The van der Waals surface area contributed by atoms with Gasteiger partial charge in [-0.3, -0.25) is 4.90 Å². The van der Waals surface area contributed by atoms with Crippen LogP contribution in [0.2, 0.25) is 0 Å². The molecule has 2 N–H and O–H groups in total. The third-order valence-corrected chi connectivity index (χ3v) is 4.45. The fraction of sp³-hybridized carbons (Fsp3) is 0.467. The van der Waals surface area contributed by atoms with Gasteiger partial charge in [-0.25, -0.2) is 9.59 Å². The Hall–Kier alpha value is -1.16. The van der Waals surface area contributed by atoms with Gasteiger partial charge in [-0.1, -0.05) is 15.9 Å². The number of ether oxygens (including phenoxy) is 1. The molecule has 0 unspecified atom stereocenters. The number of aliphatic carboxylic acids is 2. The lowest BCUT2D eigenvalue weighted by atomic mass is 10.3. The Kier molecular flexibility index (Phi) is 9.27. The van der Waals surface area contributed by atoms with E-state index in [1.807, 2.05) is 18.2 Å². The molecule has 0 aliphatic carbocycles. The maximum Gasteiger partial charge on any atom is 0.414 e. The summed E-state index contributed by atoms with van der Waals surface area (Å²) in [5.74, 6) is -2.74. The van der Waals surface area contributed by atoms with Gasteiger partial charge in [-0.2, -0.15) is 0 Å². The van der Waals surface area contributed by atoms with Crippen LogP contribution in [-0.2, 0) is 9.59 Å². The Bertz CT molecular complexity index is 551. The molecule has 1 fully saturated rings. The molecule has 2 rings (SSSR count).